The lowest BCUT2D eigenvalue weighted by atomic mass is 10.1. The zero-order valence-electron chi connectivity index (χ0n) is 8.30. The van der Waals surface area contributed by atoms with Crippen LogP contribution >= 0.6 is 11.6 Å². The summed E-state index contributed by atoms with van der Waals surface area (Å²) in [6.45, 7) is 4.15. The maximum absolute atomic E-state index is 12.5. The number of alkyl halides is 1. The molecule has 0 aliphatic rings. The molecule has 1 aromatic rings. The Balaban J connectivity index is 2.63. The number of rotatable bonds is 4. The highest BCUT2D eigenvalue weighted by Crippen LogP contribution is 2.11. The van der Waals surface area contributed by atoms with E-state index in [0.29, 0.717) is 17.6 Å². The van der Waals surface area contributed by atoms with E-state index in [9.17, 15) is 4.39 Å². The fourth-order valence-corrected chi connectivity index (χ4v) is 1.47. The fourth-order valence-electron chi connectivity index (χ4n) is 1.03. The molecule has 2 nitrogen and oxygen atoms in total. The highest BCUT2D eigenvalue weighted by molar-refractivity contribution is 6.18. The van der Waals surface area contributed by atoms with Crippen LogP contribution in [0.3, 0.4) is 0 Å². The van der Waals surface area contributed by atoms with Crippen molar-refractivity contribution >= 4 is 17.4 Å². The summed E-state index contributed by atoms with van der Waals surface area (Å²) in [5.41, 5.74) is 0. The van der Waals surface area contributed by atoms with Crippen molar-refractivity contribution < 1.29 is 4.39 Å². The summed E-state index contributed by atoms with van der Waals surface area (Å²) in [5, 5.41) is 3.15. The van der Waals surface area contributed by atoms with E-state index in [4.69, 9.17) is 11.6 Å². The summed E-state index contributed by atoms with van der Waals surface area (Å²) >= 11 is 5.78. The van der Waals surface area contributed by atoms with Crippen molar-refractivity contribution in [3.05, 3.63) is 24.1 Å². The minimum Gasteiger partial charge on any atom is -0.366 e. The molecule has 1 rings (SSSR count). The number of nitrogens with one attached hydrogen (secondary N) is 1. The normalized spacial score (nSPS) is 12.9. The van der Waals surface area contributed by atoms with Crippen LogP contribution in [-0.2, 0) is 0 Å². The van der Waals surface area contributed by atoms with Gasteiger partial charge in [0.1, 0.15) is 11.6 Å². The molecule has 4 heteroatoms. The molecule has 1 atom stereocenters. The Morgan fingerprint density at radius 3 is 2.64 bits per heavy atom. The van der Waals surface area contributed by atoms with Gasteiger partial charge < -0.3 is 5.32 Å². The molecule has 0 aliphatic heterocycles. The van der Waals surface area contributed by atoms with E-state index in [0.717, 1.165) is 0 Å². The molecule has 0 amide bonds. The Morgan fingerprint density at radius 2 is 2.21 bits per heavy atom. The third kappa shape index (κ3) is 3.14. The summed E-state index contributed by atoms with van der Waals surface area (Å²) in [5.74, 6) is 1.25. The fraction of sp³-hybridized carbons (Fsp3) is 0.500. The van der Waals surface area contributed by atoms with E-state index in [2.05, 4.69) is 24.1 Å². The zero-order valence-corrected chi connectivity index (χ0v) is 9.05. The number of nitrogens with zero attached hydrogens (tertiary/aromatic N) is 1. The molecule has 0 saturated carbocycles. The molecule has 0 bridgehead atoms. The molecule has 0 radical (unpaired) electrons. The molecule has 14 heavy (non-hydrogen) atoms. The van der Waals surface area contributed by atoms with Crippen LogP contribution in [0.1, 0.15) is 13.8 Å². The molecule has 1 heterocycles. The SMILES string of the molecule is CC(C)C(CCl)Nc1ccc(F)cn1. The minimum absolute atomic E-state index is 0.162. The second-order valence-electron chi connectivity index (χ2n) is 3.51. The number of anilines is 1. The predicted molar refractivity (Wildman–Crippen MR) is 57.2 cm³/mol. The topological polar surface area (TPSA) is 24.9 Å². The van der Waals surface area contributed by atoms with Crippen LogP contribution in [-0.4, -0.2) is 16.9 Å². The van der Waals surface area contributed by atoms with Crippen LogP contribution in [0, 0.1) is 11.7 Å². The number of halogens is 2. The third-order valence-electron chi connectivity index (χ3n) is 2.03. The van der Waals surface area contributed by atoms with Gasteiger partial charge in [0.15, 0.2) is 0 Å². The molecular formula is C10H14ClFN2. The van der Waals surface area contributed by atoms with Gasteiger partial charge in [-0.2, -0.15) is 0 Å². The van der Waals surface area contributed by atoms with Gasteiger partial charge in [-0.3, -0.25) is 0 Å². The first-order chi connectivity index (χ1) is 6.63. The second-order valence-corrected chi connectivity index (χ2v) is 3.82. The molecule has 0 saturated heterocycles. The van der Waals surface area contributed by atoms with Crippen LogP contribution in [0.4, 0.5) is 10.2 Å². The van der Waals surface area contributed by atoms with Gasteiger partial charge in [-0.05, 0) is 18.1 Å². The van der Waals surface area contributed by atoms with E-state index in [-0.39, 0.29) is 11.9 Å². The molecule has 0 spiro atoms. The first-order valence-electron chi connectivity index (χ1n) is 4.57. The summed E-state index contributed by atoms with van der Waals surface area (Å²) in [6, 6.07) is 3.15. The van der Waals surface area contributed by atoms with Gasteiger partial charge >= 0.3 is 0 Å². The molecule has 1 N–H and O–H groups in total. The smallest absolute Gasteiger partial charge is 0.141 e. The van der Waals surface area contributed by atoms with Crippen molar-refractivity contribution in [1.82, 2.24) is 4.98 Å². The summed E-state index contributed by atoms with van der Waals surface area (Å²) < 4.78 is 12.5. The zero-order chi connectivity index (χ0) is 10.6. The molecule has 0 aromatic carbocycles. The average Bonchev–Trinajstić information content (AvgIpc) is 2.16. The molecule has 1 aromatic heterocycles. The van der Waals surface area contributed by atoms with Crippen molar-refractivity contribution in [3.63, 3.8) is 0 Å². The van der Waals surface area contributed by atoms with E-state index in [1.807, 2.05) is 0 Å². The maximum Gasteiger partial charge on any atom is 0.141 e. The summed E-state index contributed by atoms with van der Waals surface area (Å²) in [6.07, 6.45) is 1.19. The Labute approximate surface area is 88.5 Å². The van der Waals surface area contributed by atoms with Crippen molar-refractivity contribution in [3.8, 4) is 0 Å². The van der Waals surface area contributed by atoms with Gasteiger partial charge in [-0.25, -0.2) is 9.37 Å². The van der Waals surface area contributed by atoms with Crippen LogP contribution in [0.25, 0.3) is 0 Å². The third-order valence-corrected chi connectivity index (χ3v) is 2.36. The lowest BCUT2D eigenvalue weighted by Crippen LogP contribution is -2.27. The summed E-state index contributed by atoms with van der Waals surface area (Å²) in [7, 11) is 0. The van der Waals surface area contributed by atoms with E-state index < -0.39 is 0 Å². The molecule has 1 unspecified atom stereocenters. The van der Waals surface area contributed by atoms with Gasteiger partial charge in [0.2, 0.25) is 0 Å². The molecule has 78 valence electrons. The van der Waals surface area contributed by atoms with Crippen molar-refractivity contribution in [2.45, 2.75) is 19.9 Å². The lowest BCUT2D eigenvalue weighted by molar-refractivity contribution is 0.561. The number of aromatic nitrogens is 1. The Hall–Kier alpha value is -0.830. The van der Waals surface area contributed by atoms with Gasteiger partial charge in [0.25, 0.3) is 0 Å². The lowest BCUT2D eigenvalue weighted by Gasteiger charge is -2.20. The Morgan fingerprint density at radius 1 is 1.50 bits per heavy atom. The Bertz CT molecular complexity index is 274. The van der Waals surface area contributed by atoms with Gasteiger partial charge in [0.05, 0.1) is 6.20 Å². The van der Waals surface area contributed by atoms with Crippen molar-refractivity contribution in [1.29, 1.82) is 0 Å². The van der Waals surface area contributed by atoms with Crippen molar-refractivity contribution in [2.24, 2.45) is 5.92 Å². The monoisotopic (exact) mass is 216 g/mol. The van der Waals surface area contributed by atoms with E-state index >= 15 is 0 Å². The Kier molecular flexibility index (Phi) is 4.14. The summed E-state index contributed by atoms with van der Waals surface area (Å²) in [4.78, 5) is 3.90. The van der Waals surface area contributed by atoms with Gasteiger partial charge in [0, 0.05) is 11.9 Å². The quantitative estimate of drug-likeness (QED) is 0.783. The molecule has 0 fully saturated rings. The van der Waals surface area contributed by atoms with Crippen LogP contribution in [0.15, 0.2) is 18.3 Å². The van der Waals surface area contributed by atoms with E-state index in [1.165, 1.54) is 12.3 Å². The minimum atomic E-state index is -0.331. The standard InChI is InChI=1S/C10H14ClFN2/c1-7(2)9(5-11)14-10-4-3-8(12)6-13-10/h3-4,6-7,9H,5H2,1-2H3,(H,13,14). The maximum atomic E-state index is 12.5. The van der Waals surface area contributed by atoms with Crippen LogP contribution in [0.2, 0.25) is 0 Å². The first kappa shape index (κ1) is 11.2. The number of hydrogen-bond acceptors (Lipinski definition) is 2. The van der Waals surface area contributed by atoms with Gasteiger partial charge in [-0.1, -0.05) is 13.8 Å². The largest absolute Gasteiger partial charge is 0.366 e. The molecule has 0 aliphatic carbocycles. The predicted octanol–water partition coefficient (Wildman–Crippen LogP) is 2.90. The first-order valence-corrected chi connectivity index (χ1v) is 5.11. The second kappa shape index (κ2) is 5.15. The average molecular weight is 217 g/mol. The van der Waals surface area contributed by atoms with Crippen molar-refractivity contribution in [2.75, 3.05) is 11.2 Å². The number of hydrogen-bond donors (Lipinski definition) is 1. The van der Waals surface area contributed by atoms with Gasteiger partial charge in [-0.15, -0.1) is 11.6 Å². The van der Waals surface area contributed by atoms with Crippen LogP contribution in [0.5, 0.6) is 0 Å². The highest BCUT2D eigenvalue weighted by Gasteiger charge is 2.11. The molecular weight excluding hydrogens is 203 g/mol. The van der Waals surface area contributed by atoms with E-state index in [1.54, 1.807) is 6.07 Å². The highest BCUT2D eigenvalue weighted by atomic mass is 35.5. The number of pyridine rings is 1. The van der Waals surface area contributed by atoms with Crippen LogP contribution < -0.4 is 5.32 Å².